The summed E-state index contributed by atoms with van der Waals surface area (Å²) in [5.41, 5.74) is 3.17. The Hall–Kier alpha value is -2.87. The highest BCUT2D eigenvalue weighted by molar-refractivity contribution is 5.32. The Bertz CT molecular complexity index is 786. The van der Waals surface area contributed by atoms with Gasteiger partial charge < -0.3 is 10.1 Å². The quantitative estimate of drug-likeness (QED) is 0.772. The summed E-state index contributed by atoms with van der Waals surface area (Å²) in [5.74, 6) is 1.36. The van der Waals surface area contributed by atoms with Gasteiger partial charge in [0.15, 0.2) is 5.82 Å². The molecule has 8 nitrogen and oxygen atoms in total. The number of nitrogens with zero attached hydrogens (tertiary/aromatic N) is 6. The van der Waals surface area contributed by atoms with Gasteiger partial charge in [-0.1, -0.05) is 6.07 Å². The van der Waals surface area contributed by atoms with Crippen molar-refractivity contribution in [3.8, 4) is 5.82 Å². The fourth-order valence-corrected chi connectivity index (χ4v) is 2.38. The monoisotopic (exact) mass is 309 g/mol. The highest BCUT2D eigenvalue weighted by Crippen LogP contribution is 2.15. The Morgan fingerprint density at radius 1 is 1.22 bits per heavy atom. The summed E-state index contributed by atoms with van der Waals surface area (Å²) < 4.78 is 7.00. The van der Waals surface area contributed by atoms with E-state index in [9.17, 15) is 0 Å². The highest BCUT2D eigenvalue weighted by Gasteiger charge is 2.12. The van der Waals surface area contributed by atoms with Crippen LogP contribution in [0.3, 0.4) is 0 Å². The lowest BCUT2D eigenvalue weighted by molar-refractivity contribution is 0.109. The molecule has 3 aromatic heterocycles. The van der Waals surface area contributed by atoms with Crippen LogP contribution in [-0.4, -0.2) is 36.3 Å². The van der Waals surface area contributed by atoms with Gasteiger partial charge in [0.05, 0.1) is 18.9 Å². The zero-order valence-corrected chi connectivity index (χ0v) is 12.4. The first kappa shape index (κ1) is 13.8. The minimum atomic E-state index is 0.600. The summed E-state index contributed by atoms with van der Waals surface area (Å²) in [6.07, 6.45) is 7.56. The second-order valence-electron chi connectivity index (χ2n) is 5.19. The maximum Gasteiger partial charge on any atom is 0.223 e. The summed E-state index contributed by atoms with van der Waals surface area (Å²) in [6.45, 7) is 1.93. The predicted molar refractivity (Wildman–Crippen MR) is 81.9 cm³/mol. The Labute approximate surface area is 132 Å². The minimum Gasteiger partial charge on any atom is -0.376 e. The van der Waals surface area contributed by atoms with Crippen molar-refractivity contribution in [1.82, 2.24) is 29.7 Å². The van der Waals surface area contributed by atoms with Crippen LogP contribution in [0.4, 0.5) is 5.95 Å². The van der Waals surface area contributed by atoms with Crippen LogP contribution in [0, 0.1) is 0 Å². The molecule has 0 amide bonds. The van der Waals surface area contributed by atoms with Crippen molar-refractivity contribution in [1.29, 1.82) is 0 Å². The van der Waals surface area contributed by atoms with Crippen LogP contribution in [0.2, 0.25) is 0 Å². The molecular weight excluding hydrogens is 294 g/mol. The van der Waals surface area contributed by atoms with Gasteiger partial charge in [-0.3, -0.25) is 0 Å². The molecule has 0 radical (unpaired) electrons. The van der Waals surface area contributed by atoms with E-state index in [1.807, 2.05) is 18.3 Å². The fraction of sp³-hybridized carbons (Fsp3) is 0.267. The maximum atomic E-state index is 5.39. The van der Waals surface area contributed by atoms with Crippen molar-refractivity contribution < 1.29 is 4.74 Å². The first-order valence-electron chi connectivity index (χ1n) is 7.35. The van der Waals surface area contributed by atoms with Crippen molar-refractivity contribution in [2.45, 2.75) is 19.6 Å². The summed E-state index contributed by atoms with van der Waals surface area (Å²) in [7, 11) is 0. The van der Waals surface area contributed by atoms with Crippen LogP contribution in [0.15, 0.2) is 37.2 Å². The molecule has 4 heterocycles. The molecule has 0 fully saturated rings. The molecule has 116 valence electrons. The Kier molecular flexibility index (Phi) is 3.65. The molecule has 23 heavy (non-hydrogen) atoms. The molecule has 0 aliphatic carbocycles. The van der Waals surface area contributed by atoms with E-state index in [-0.39, 0.29) is 0 Å². The molecule has 0 spiro atoms. The molecule has 0 atom stereocenters. The van der Waals surface area contributed by atoms with E-state index in [4.69, 9.17) is 4.74 Å². The van der Waals surface area contributed by atoms with Crippen molar-refractivity contribution in [3.63, 3.8) is 0 Å². The number of aromatic nitrogens is 6. The first-order chi connectivity index (χ1) is 11.4. The average molecular weight is 309 g/mol. The summed E-state index contributed by atoms with van der Waals surface area (Å²) >= 11 is 0. The van der Waals surface area contributed by atoms with E-state index in [0.29, 0.717) is 19.1 Å². The normalized spacial score (nSPS) is 13.6. The van der Waals surface area contributed by atoms with Gasteiger partial charge in [0.2, 0.25) is 5.95 Å². The standard InChI is InChI=1S/C15H15N7O/c1-2-14(22-10-16-9-20-22)17-5-11(1)6-18-15-19-7-12-8-23-4-3-13(12)21-15/h1-2,5,7,9-10H,3-4,6,8H2,(H,18,19,21). The van der Waals surface area contributed by atoms with E-state index < -0.39 is 0 Å². The van der Waals surface area contributed by atoms with Crippen LogP contribution in [0.5, 0.6) is 0 Å². The zero-order valence-electron chi connectivity index (χ0n) is 12.4. The van der Waals surface area contributed by atoms with Gasteiger partial charge in [0.25, 0.3) is 0 Å². The van der Waals surface area contributed by atoms with Crippen molar-refractivity contribution in [2.75, 3.05) is 11.9 Å². The lowest BCUT2D eigenvalue weighted by Gasteiger charge is -2.15. The number of fused-ring (bicyclic) bond motifs is 1. The van der Waals surface area contributed by atoms with Crippen LogP contribution in [0.25, 0.3) is 5.82 Å². The third-order valence-electron chi connectivity index (χ3n) is 3.61. The van der Waals surface area contributed by atoms with Gasteiger partial charge in [-0.05, 0) is 11.6 Å². The van der Waals surface area contributed by atoms with Gasteiger partial charge in [0.1, 0.15) is 12.7 Å². The molecule has 4 rings (SSSR count). The van der Waals surface area contributed by atoms with Gasteiger partial charge in [-0.15, -0.1) is 0 Å². The number of nitrogens with one attached hydrogen (secondary N) is 1. The summed E-state index contributed by atoms with van der Waals surface area (Å²) in [4.78, 5) is 17.1. The molecule has 0 unspecified atom stereocenters. The second kappa shape index (κ2) is 6.09. The number of hydrogen-bond donors (Lipinski definition) is 1. The average Bonchev–Trinajstić information content (AvgIpc) is 3.15. The van der Waals surface area contributed by atoms with Crippen molar-refractivity contribution in [2.24, 2.45) is 0 Å². The fourth-order valence-electron chi connectivity index (χ4n) is 2.38. The molecule has 0 aromatic carbocycles. The Morgan fingerprint density at radius 2 is 2.22 bits per heavy atom. The van der Waals surface area contributed by atoms with Crippen LogP contribution in [-0.2, 0) is 24.3 Å². The number of hydrogen-bond acceptors (Lipinski definition) is 7. The van der Waals surface area contributed by atoms with Crippen LogP contribution < -0.4 is 5.32 Å². The lowest BCUT2D eigenvalue weighted by Crippen LogP contribution is -2.14. The zero-order chi connectivity index (χ0) is 15.5. The molecule has 0 bridgehead atoms. The lowest BCUT2D eigenvalue weighted by atomic mass is 10.1. The first-order valence-corrected chi connectivity index (χ1v) is 7.35. The summed E-state index contributed by atoms with van der Waals surface area (Å²) in [5, 5.41) is 7.28. The number of anilines is 1. The van der Waals surface area contributed by atoms with E-state index in [0.717, 1.165) is 35.7 Å². The van der Waals surface area contributed by atoms with Gasteiger partial charge in [-0.25, -0.2) is 24.6 Å². The Morgan fingerprint density at radius 3 is 3.04 bits per heavy atom. The molecule has 1 aliphatic rings. The molecule has 3 aromatic rings. The molecule has 0 saturated carbocycles. The predicted octanol–water partition coefficient (Wildman–Crippen LogP) is 1.14. The molecule has 1 N–H and O–H groups in total. The maximum absolute atomic E-state index is 5.39. The number of ether oxygens (including phenoxy) is 1. The van der Waals surface area contributed by atoms with Crippen LogP contribution >= 0.6 is 0 Å². The van der Waals surface area contributed by atoms with Crippen LogP contribution in [0.1, 0.15) is 16.8 Å². The third-order valence-corrected chi connectivity index (χ3v) is 3.61. The number of pyridine rings is 1. The van der Waals surface area contributed by atoms with Gasteiger partial charge >= 0.3 is 0 Å². The largest absolute Gasteiger partial charge is 0.376 e. The molecule has 1 aliphatic heterocycles. The van der Waals surface area contributed by atoms with Crippen molar-refractivity contribution >= 4 is 5.95 Å². The topological polar surface area (TPSA) is 90.6 Å². The van der Waals surface area contributed by atoms with E-state index in [2.05, 4.69) is 30.4 Å². The van der Waals surface area contributed by atoms with E-state index >= 15 is 0 Å². The highest BCUT2D eigenvalue weighted by atomic mass is 16.5. The van der Waals surface area contributed by atoms with Gasteiger partial charge in [-0.2, -0.15) is 5.10 Å². The Balaban J connectivity index is 1.43. The van der Waals surface area contributed by atoms with Gasteiger partial charge in [0, 0.05) is 30.9 Å². The minimum absolute atomic E-state index is 0.600. The molecular formula is C15H15N7O. The molecule has 8 heteroatoms. The van der Waals surface area contributed by atoms with E-state index in [1.54, 1.807) is 17.2 Å². The van der Waals surface area contributed by atoms with Crippen molar-refractivity contribution in [3.05, 3.63) is 54.0 Å². The second-order valence-corrected chi connectivity index (χ2v) is 5.19. The smallest absolute Gasteiger partial charge is 0.223 e. The SMILES string of the molecule is c1ncn(-c2ccc(CNc3ncc4c(n3)CCOC4)cn2)n1. The summed E-state index contributed by atoms with van der Waals surface area (Å²) in [6, 6.07) is 3.89. The number of rotatable bonds is 4. The third kappa shape index (κ3) is 3.02. The van der Waals surface area contributed by atoms with E-state index in [1.165, 1.54) is 6.33 Å². The molecule has 0 saturated heterocycles.